The Labute approximate surface area is 175 Å². The number of carboxylic acid groups (broad SMARTS) is 1. The van der Waals surface area contributed by atoms with Gasteiger partial charge in [0, 0.05) is 12.6 Å². The predicted molar refractivity (Wildman–Crippen MR) is 109 cm³/mol. The van der Waals surface area contributed by atoms with Crippen molar-refractivity contribution in [1.82, 2.24) is 5.32 Å². The zero-order valence-corrected chi connectivity index (χ0v) is 17.1. The summed E-state index contributed by atoms with van der Waals surface area (Å²) in [6.07, 6.45) is -0.00370. The molecule has 1 amide bonds. The van der Waals surface area contributed by atoms with Gasteiger partial charge in [-0.2, -0.15) is 5.26 Å². The van der Waals surface area contributed by atoms with E-state index >= 15 is 0 Å². The van der Waals surface area contributed by atoms with Gasteiger partial charge in [0.2, 0.25) is 0 Å². The zero-order chi connectivity index (χ0) is 22.1. The highest BCUT2D eigenvalue weighted by atomic mass is 16.6. The second kappa shape index (κ2) is 10.2. The van der Waals surface area contributed by atoms with Gasteiger partial charge in [0.25, 0.3) is 0 Å². The van der Waals surface area contributed by atoms with Crippen molar-refractivity contribution < 1.29 is 28.9 Å². The fourth-order valence-electron chi connectivity index (χ4n) is 2.34. The van der Waals surface area contributed by atoms with Gasteiger partial charge < -0.3 is 24.6 Å². The average Bonchev–Trinajstić information content (AvgIpc) is 2.66. The number of hydrogen-bond donors (Lipinski definition) is 2. The molecule has 0 unspecified atom stereocenters. The molecule has 0 spiro atoms. The first-order chi connectivity index (χ1) is 14.2. The van der Waals surface area contributed by atoms with E-state index in [9.17, 15) is 14.7 Å². The lowest BCUT2D eigenvalue weighted by atomic mass is 10.2. The minimum Gasteiger partial charge on any atom is -0.493 e. The fraction of sp³-hybridized carbons (Fsp3) is 0.318. The Morgan fingerprint density at radius 2 is 1.73 bits per heavy atom. The topological polar surface area (TPSA) is 118 Å². The van der Waals surface area contributed by atoms with Crippen LogP contribution in [0.25, 0.3) is 0 Å². The molecule has 2 N–H and O–H groups in total. The number of carbonyl (C=O) groups excluding carboxylic acids is 1. The van der Waals surface area contributed by atoms with E-state index in [1.165, 1.54) is 12.1 Å². The summed E-state index contributed by atoms with van der Waals surface area (Å²) in [5, 5.41) is 20.8. The summed E-state index contributed by atoms with van der Waals surface area (Å²) < 4.78 is 16.4. The highest BCUT2D eigenvalue weighted by molar-refractivity contribution is 5.88. The second-order valence-corrected chi connectivity index (χ2v) is 7.37. The van der Waals surface area contributed by atoms with Crippen LogP contribution in [0.3, 0.4) is 0 Å². The first-order valence-electron chi connectivity index (χ1n) is 9.32. The Balaban J connectivity index is 1.94. The predicted octanol–water partition coefficient (Wildman–Crippen LogP) is 4.34. The number of benzene rings is 2. The molecule has 0 aromatic heterocycles. The lowest BCUT2D eigenvalue weighted by Gasteiger charge is -2.19. The summed E-state index contributed by atoms with van der Waals surface area (Å²) in [6.45, 7) is 5.95. The molecule has 0 bridgehead atoms. The van der Waals surface area contributed by atoms with Crippen LogP contribution >= 0.6 is 0 Å². The standard InChI is InChI=1S/C22H24N2O6/c1-22(2,3)30-21(27)24-9-4-10-28-18-11-16(20(25)26)12-19(13-18)29-17-7-5-15(14-23)6-8-17/h5-8,11-13H,4,9-10H2,1-3H3,(H,24,27)(H,25,26). The first kappa shape index (κ1) is 22.6. The molecule has 0 heterocycles. The molecule has 30 heavy (non-hydrogen) atoms. The highest BCUT2D eigenvalue weighted by Gasteiger charge is 2.15. The molecule has 2 aromatic rings. The maximum Gasteiger partial charge on any atom is 0.407 e. The Morgan fingerprint density at radius 3 is 2.33 bits per heavy atom. The summed E-state index contributed by atoms with van der Waals surface area (Å²) in [5.74, 6) is -0.0296. The van der Waals surface area contributed by atoms with Crippen LogP contribution in [-0.4, -0.2) is 35.9 Å². The van der Waals surface area contributed by atoms with E-state index in [1.54, 1.807) is 51.1 Å². The van der Waals surface area contributed by atoms with Crippen molar-refractivity contribution in [3.63, 3.8) is 0 Å². The molecular weight excluding hydrogens is 388 g/mol. The molecule has 158 valence electrons. The number of nitriles is 1. The van der Waals surface area contributed by atoms with Crippen molar-refractivity contribution >= 4 is 12.1 Å². The van der Waals surface area contributed by atoms with Gasteiger partial charge >= 0.3 is 12.1 Å². The second-order valence-electron chi connectivity index (χ2n) is 7.37. The number of hydrogen-bond acceptors (Lipinski definition) is 6. The van der Waals surface area contributed by atoms with E-state index < -0.39 is 17.7 Å². The van der Waals surface area contributed by atoms with Gasteiger partial charge in [-0.3, -0.25) is 0 Å². The number of carboxylic acids is 1. The average molecular weight is 412 g/mol. The number of carbonyl (C=O) groups is 2. The third kappa shape index (κ3) is 7.72. The van der Waals surface area contributed by atoms with Gasteiger partial charge in [0.15, 0.2) is 0 Å². The van der Waals surface area contributed by atoms with Crippen LogP contribution in [0.5, 0.6) is 17.2 Å². The van der Waals surface area contributed by atoms with Crippen LogP contribution in [0.2, 0.25) is 0 Å². The highest BCUT2D eigenvalue weighted by Crippen LogP contribution is 2.28. The largest absolute Gasteiger partial charge is 0.493 e. The lowest BCUT2D eigenvalue weighted by Crippen LogP contribution is -2.33. The van der Waals surface area contributed by atoms with Crippen LogP contribution in [0.15, 0.2) is 42.5 Å². The third-order valence-corrected chi connectivity index (χ3v) is 3.60. The van der Waals surface area contributed by atoms with Crippen LogP contribution < -0.4 is 14.8 Å². The van der Waals surface area contributed by atoms with Crippen molar-refractivity contribution in [1.29, 1.82) is 5.26 Å². The van der Waals surface area contributed by atoms with E-state index in [2.05, 4.69) is 5.32 Å². The summed E-state index contributed by atoms with van der Waals surface area (Å²) in [4.78, 5) is 23.0. The van der Waals surface area contributed by atoms with Crippen LogP contribution in [-0.2, 0) is 4.74 Å². The first-order valence-corrected chi connectivity index (χ1v) is 9.32. The van der Waals surface area contributed by atoms with Crippen molar-refractivity contribution in [3.05, 3.63) is 53.6 Å². The molecule has 8 heteroatoms. The third-order valence-electron chi connectivity index (χ3n) is 3.60. The minimum atomic E-state index is -1.11. The van der Waals surface area contributed by atoms with Gasteiger partial charge in [-0.15, -0.1) is 0 Å². The van der Waals surface area contributed by atoms with Gasteiger partial charge in [-0.25, -0.2) is 9.59 Å². The Morgan fingerprint density at radius 1 is 1.07 bits per heavy atom. The Kier molecular flexibility index (Phi) is 7.64. The van der Waals surface area contributed by atoms with Gasteiger partial charge in [-0.1, -0.05) is 0 Å². The van der Waals surface area contributed by atoms with E-state index in [1.807, 2.05) is 6.07 Å². The molecule has 8 nitrogen and oxygen atoms in total. The molecule has 0 aliphatic heterocycles. The van der Waals surface area contributed by atoms with E-state index in [4.69, 9.17) is 19.5 Å². The number of rotatable bonds is 8. The molecular formula is C22H24N2O6. The van der Waals surface area contributed by atoms with Gasteiger partial charge in [-0.05, 0) is 63.6 Å². The quantitative estimate of drug-likeness (QED) is 0.619. The molecule has 0 atom stereocenters. The molecule has 0 aliphatic rings. The lowest BCUT2D eigenvalue weighted by molar-refractivity contribution is 0.0524. The maximum absolute atomic E-state index is 11.6. The van der Waals surface area contributed by atoms with Crippen LogP contribution in [0.4, 0.5) is 4.79 Å². The number of nitrogens with zero attached hydrogens (tertiary/aromatic N) is 1. The monoisotopic (exact) mass is 412 g/mol. The summed E-state index contributed by atoms with van der Waals surface area (Å²) in [5.41, 5.74) is -0.0583. The maximum atomic E-state index is 11.6. The van der Waals surface area contributed by atoms with Crippen LogP contribution in [0.1, 0.15) is 43.1 Å². The Bertz CT molecular complexity index is 926. The normalized spacial score (nSPS) is 10.6. The number of alkyl carbamates (subject to hydrolysis) is 1. The molecule has 2 aromatic carbocycles. The van der Waals surface area contributed by atoms with E-state index in [0.29, 0.717) is 35.8 Å². The minimum absolute atomic E-state index is 0.0167. The van der Waals surface area contributed by atoms with Crippen molar-refractivity contribution in [3.8, 4) is 23.3 Å². The smallest absolute Gasteiger partial charge is 0.407 e. The SMILES string of the molecule is CC(C)(C)OC(=O)NCCCOc1cc(Oc2ccc(C#N)cc2)cc(C(=O)O)c1. The molecule has 2 rings (SSSR count). The number of nitrogens with one attached hydrogen (secondary N) is 1. The fourth-order valence-corrected chi connectivity index (χ4v) is 2.34. The number of aromatic carboxylic acids is 1. The van der Waals surface area contributed by atoms with Gasteiger partial charge in [0.1, 0.15) is 22.8 Å². The molecule has 0 aliphatic carbocycles. The summed E-state index contributed by atoms with van der Waals surface area (Å²) in [7, 11) is 0. The molecule has 0 radical (unpaired) electrons. The van der Waals surface area contributed by atoms with E-state index in [0.717, 1.165) is 0 Å². The molecule has 0 fully saturated rings. The van der Waals surface area contributed by atoms with Crippen molar-refractivity contribution in [2.75, 3.05) is 13.2 Å². The van der Waals surface area contributed by atoms with Crippen molar-refractivity contribution in [2.45, 2.75) is 32.8 Å². The number of ether oxygens (including phenoxy) is 3. The van der Waals surface area contributed by atoms with Crippen LogP contribution in [0, 0.1) is 11.3 Å². The molecule has 0 saturated carbocycles. The van der Waals surface area contributed by atoms with E-state index in [-0.39, 0.29) is 12.2 Å². The Hall–Kier alpha value is -3.73. The van der Waals surface area contributed by atoms with Gasteiger partial charge in [0.05, 0.1) is 23.8 Å². The zero-order valence-electron chi connectivity index (χ0n) is 17.1. The molecule has 0 saturated heterocycles. The number of amides is 1. The summed E-state index contributed by atoms with van der Waals surface area (Å²) in [6, 6.07) is 12.8. The summed E-state index contributed by atoms with van der Waals surface area (Å²) >= 11 is 0. The van der Waals surface area contributed by atoms with Crippen molar-refractivity contribution in [2.24, 2.45) is 0 Å².